The van der Waals surface area contributed by atoms with Crippen LogP contribution in [-0.2, 0) is 0 Å². The number of anilines is 1. The van der Waals surface area contributed by atoms with Crippen LogP contribution in [0.15, 0.2) is 36.4 Å². The second-order valence-electron chi connectivity index (χ2n) is 3.80. The average Bonchev–Trinajstić information content (AvgIpc) is 2.35. The molecule has 0 aliphatic rings. The molecular weight excluding hydrogens is 214 g/mol. The molecule has 0 spiro atoms. The van der Waals surface area contributed by atoms with Gasteiger partial charge in [0.05, 0.1) is 23.7 Å². The highest BCUT2D eigenvalue weighted by molar-refractivity contribution is 5.91. The van der Waals surface area contributed by atoms with Crippen molar-refractivity contribution in [2.75, 3.05) is 12.8 Å². The third-order valence-electron chi connectivity index (χ3n) is 2.65. The first-order chi connectivity index (χ1) is 8.28. The van der Waals surface area contributed by atoms with Gasteiger partial charge in [-0.2, -0.15) is 0 Å². The van der Waals surface area contributed by atoms with Crippen molar-refractivity contribution in [1.29, 1.82) is 0 Å². The topological polar surface area (TPSA) is 61.0 Å². The maximum absolute atomic E-state index is 5.80. The maximum Gasteiger partial charge on any atom is 0.148 e. The van der Waals surface area contributed by atoms with Crippen LogP contribution >= 0.6 is 0 Å². The van der Waals surface area contributed by atoms with E-state index >= 15 is 0 Å². The summed E-state index contributed by atoms with van der Waals surface area (Å²) >= 11 is 0. The maximum atomic E-state index is 5.80. The Balaban J connectivity index is 2.47. The standard InChI is InChI=1S/C13H11N3O/c1-17-12-7-8(14)6-11-13(12)16-10-5-3-2-4-9(10)15-11/h2-7H,14H2,1H3. The minimum atomic E-state index is 0.624. The van der Waals surface area contributed by atoms with Crippen LogP contribution in [0.3, 0.4) is 0 Å². The van der Waals surface area contributed by atoms with Gasteiger partial charge in [0, 0.05) is 11.8 Å². The number of fused-ring (bicyclic) bond motifs is 2. The van der Waals surface area contributed by atoms with E-state index in [-0.39, 0.29) is 0 Å². The van der Waals surface area contributed by atoms with Crippen molar-refractivity contribution < 1.29 is 4.74 Å². The molecule has 0 saturated carbocycles. The average molecular weight is 225 g/mol. The van der Waals surface area contributed by atoms with E-state index < -0.39 is 0 Å². The predicted octanol–water partition coefficient (Wildman–Crippen LogP) is 2.37. The molecule has 0 atom stereocenters. The molecule has 3 aromatic rings. The van der Waals surface area contributed by atoms with Gasteiger partial charge >= 0.3 is 0 Å². The SMILES string of the molecule is COc1cc(N)cc2nc3ccccc3nc12. The fraction of sp³-hybridized carbons (Fsp3) is 0.0769. The number of nitrogens with zero attached hydrogens (tertiary/aromatic N) is 2. The first kappa shape index (κ1) is 9.84. The highest BCUT2D eigenvalue weighted by Gasteiger charge is 2.07. The predicted molar refractivity (Wildman–Crippen MR) is 68.0 cm³/mol. The molecule has 2 N–H and O–H groups in total. The molecule has 0 aliphatic heterocycles. The van der Waals surface area contributed by atoms with Crippen LogP contribution in [0.2, 0.25) is 0 Å². The quantitative estimate of drug-likeness (QED) is 0.510. The fourth-order valence-electron chi connectivity index (χ4n) is 1.87. The Labute approximate surface area is 98.1 Å². The number of aromatic nitrogens is 2. The van der Waals surface area contributed by atoms with Crippen LogP contribution in [0.4, 0.5) is 5.69 Å². The summed E-state index contributed by atoms with van der Waals surface area (Å²) in [6.07, 6.45) is 0. The van der Waals surface area contributed by atoms with Crippen molar-refractivity contribution in [3.05, 3.63) is 36.4 Å². The molecule has 1 heterocycles. The Morgan fingerprint density at radius 1 is 1.00 bits per heavy atom. The molecule has 3 rings (SSSR count). The van der Waals surface area contributed by atoms with Gasteiger partial charge in [0.25, 0.3) is 0 Å². The molecule has 4 nitrogen and oxygen atoms in total. The molecule has 0 radical (unpaired) electrons. The van der Waals surface area contributed by atoms with Gasteiger partial charge in [-0.25, -0.2) is 9.97 Å². The van der Waals surface area contributed by atoms with E-state index in [9.17, 15) is 0 Å². The monoisotopic (exact) mass is 225 g/mol. The van der Waals surface area contributed by atoms with Gasteiger partial charge in [0.15, 0.2) is 0 Å². The summed E-state index contributed by atoms with van der Waals surface area (Å²) in [5.41, 5.74) is 9.61. The lowest BCUT2D eigenvalue weighted by Crippen LogP contribution is -1.94. The first-order valence-electron chi connectivity index (χ1n) is 5.28. The minimum absolute atomic E-state index is 0.624. The van der Waals surface area contributed by atoms with E-state index in [1.165, 1.54) is 0 Å². The molecule has 0 saturated heterocycles. The molecule has 0 amide bonds. The minimum Gasteiger partial charge on any atom is -0.494 e. The normalized spacial score (nSPS) is 10.9. The summed E-state index contributed by atoms with van der Waals surface area (Å²) in [5, 5.41) is 0. The lowest BCUT2D eigenvalue weighted by atomic mass is 10.2. The number of methoxy groups -OCH3 is 1. The second-order valence-corrected chi connectivity index (χ2v) is 3.80. The van der Waals surface area contributed by atoms with Crippen LogP contribution in [0.25, 0.3) is 22.1 Å². The van der Waals surface area contributed by atoms with E-state index in [0.29, 0.717) is 11.4 Å². The zero-order valence-electron chi connectivity index (χ0n) is 9.34. The summed E-state index contributed by atoms with van der Waals surface area (Å²) in [6, 6.07) is 11.3. The number of benzene rings is 2. The number of nitrogen functional groups attached to an aromatic ring is 1. The Kier molecular flexibility index (Phi) is 2.08. The van der Waals surface area contributed by atoms with Crippen molar-refractivity contribution in [2.24, 2.45) is 0 Å². The Morgan fingerprint density at radius 3 is 2.41 bits per heavy atom. The third-order valence-corrected chi connectivity index (χ3v) is 2.65. The molecule has 0 bridgehead atoms. The third kappa shape index (κ3) is 1.54. The summed E-state index contributed by atoms with van der Waals surface area (Å²) in [5.74, 6) is 0.651. The van der Waals surface area contributed by atoms with Crippen molar-refractivity contribution in [3.8, 4) is 5.75 Å². The highest BCUT2D eigenvalue weighted by Crippen LogP contribution is 2.27. The van der Waals surface area contributed by atoms with Crippen molar-refractivity contribution in [3.63, 3.8) is 0 Å². The molecule has 1 aromatic heterocycles. The number of rotatable bonds is 1. The summed E-state index contributed by atoms with van der Waals surface area (Å²) < 4.78 is 5.27. The second kappa shape index (κ2) is 3.59. The van der Waals surface area contributed by atoms with E-state index in [1.54, 1.807) is 19.2 Å². The Morgan fingerprint density at radius 2 is 1.71 bits per heavy atom. The largest absolute Gasteiger partial charge is 0.494 e. The van der Waals surface area contributed by atoms with Crippen molar-refractivity contribution in [1.82, 2.24) is 9.97 Å². The van der Waals surface area contributed by atoms with Crippen LogP contribution < -0.4 is 10.5 Å². The zero-order chi connectivity index (χ0) is 11.8. The zero-order valence-corrected chi connectivity index (χ0v) is 9.34. The van der Waals surface area contributed by atoms with Crippen molar-refractivity contribution >= 4 is 27.8 Å². The van der Waals surface area contributed by atoms with Crippen LogP contribution in [0.1, 0.15) is 0 Å². The highest BCUT2D eigenvalue weighted by atomic mass is 16.5. The summed E-state index contributed by atoms with van der Waals surface area (Å²) in [6.45, 7) is 0. The van der Waals surface area contributed by atoms with Gasteiger partial charge in [0.2, 0.25) is 0 Å². The van der Waals surface area contributed by atoms with Crippen molar-refractivity contribution in [2.45, 2.75) is 0 Å². The van der Waals surface area contributed by atoms with E-state index in [0.717, 1.165) is 22.1 Å². The lowest BCUT2D eigenvalue weighted by molar-refractivity contribution is 0.419. The number of ether oxygens (including phenoxy) is 1. The van der Waals surface area contributed by atoms with Gasteiger partial charge in [-0.1, -0.05) is 12.1 Å². The number of hydrogen-bond donors (Lipinski definition) is 1. The smallest absolute Gasteiger partial charge is 0.148 e. The van der Waals surface area contributed by atoms with Gasteiger partial charge in [0.1, 0.15) is 11.3 Å². The van der Waals surface area contributed by atoms with Gasteiger partial charge in [-0.05, 0) is 18.2 Å². The first-order valence-corrected chi connectivity index (χ1v) is 5.28. The molecule has 17 heavy (non-hydrogen) atoms. The van der Waals surface area contributed by atoms with Gasteiger partial charge < -0.3 is 10.5 Å². The number of para-hydroxylation sites is 2. The molecule has 2 aromatic carbocycles. The van der Waals surface area contributed by atoms with E-state index in [2.05, 4.69) is 9.97 Å². The molecule has 0 aliphatic carbocycles. The number of hydrogen-bond acceptors (Lipinski definition) is 4. The molecule has 4 heteroatoms. The molecule has 0 fully saturated rings. The van der Waals surface area contributed by atoms with E-state index in [1.807, 2.05) is 24.3 Å². The van der Waals surface area contributed by atoms with Crippen LogP contribution in [-0.4, -0.2) is 17.1 Å². The summed E-state index contributed by atoms with van der Waals surface area (Å²) in [7, 11) is 1.60. The van der Waals surface area contributed by atoms with Crippen LogP contribution in [0.5, 0.6) is 5.75 Å². The molecular formula is C13H11N3O. The van der Waals surface area contributed by atoms with Gasteiger partial charge in [-0.15, -0.1) is 0 Å². The summed E-state index contributed by atoms with van der Waals surface area (Å²) in [4.78, 5) is 9.07. The van der Waals surface area contributed by atoms with E-state index in [4.69, 9.17) is 10.5 Å². The number of nitrogens with two attached hydrogens (primary N) is 1. The fourth-order valence-corrected chi connectivity index (χ4v) is 1.87. The lowest BCUT2D eigenvalue weighted by Gasteiger charge is -2.06. The molecule has 84 valence electrons. The molecule has 0 unspecified atom stereocenters. The van der Waals surface area contributed by atoms with Crippen LogP contribution in [0, 0.1) is 0 Å². The Hall–Kier alpha value is -2.36. The Bertz CT molecular complexity index is 709. The van der Waals surface area contributed by atoms with Gasteiger partial charge in [-0.3, -0.25) is 0 Å².